The van der Waals surface area contributed by atoms with Crippen LogP contribution in [0.5, 0.6) is 0 Å². The van der Waals surface area contributed by atoms with E-state index < -0.39 is 6.04 Å². The molecule has 0 bridgehead atoms. The van der Waals surface area contributed by atoms with E-state index in [0.29, 0.717) is 23.8 Å². The molecule has 1 aromatic carbocycles. The molecule has 1 aromatic rings. The fourth-order valence-electron chi connectivity index (χ4n) is 2.55. The fraction of sp³-hybridized carbons (Fsp3) is 0.529. The summed E-state index contributed by atoms with van der Waals surface area (Å²) in [5.41, 5.74) is 0.870. The van der Waals surface area contributed by atoms with Gasteiger partial charge in [-0.25, -0.2) is 4.79 Å². The number of carbonyl (C=O) groups is 2. The van der Waals surface area contributed by atoms with Gasteiger partial charge in [0.05, 0.1) is 6.61 Å². The lowest BCUT2D eigenvalue weighted by Gasteiger charge is -2.29. The normalized spacial score (nSPS) is 20.6. The molecule has 6 heteroatoms. The summed E-state index contributed by atoms with van der Waals surface area (Å²) in [6, 6.07) is 6.94. The van der Waals surface area contributed by atoms with Crippen LogP contribution in [0.3, 0.4) is 0 Å². The number of hydrogen-bond donors (Lipinski definition) is 0. The SMILES string of the molecule is CCCOC(=O)C1CSC(c2ccccc2Cl)N1C(=O)CCC. The molecule has 4 nitrogen and oxygen atoms in total. The largest absolute Gasteiger partial charge is 0.464 e. The van der Waals surface area contributed by atoms with Crippen LogP contribution < -0.4 is 0 Å². The Balaban J connectivity index is 2.27. The number of nitrogens with zero attached hydrogens (tertiary/aromatic N) is 1. The molecule has 0 N–H and O–H groups in total. The second-order valence-electron chi connectivity index (χ2n) is 5.44. The smallest absolute Gasteiger partial charge is 0.329 e. The predicted octanol–water partition coefficient (Wildman–Crippen LogP) is 4.04. The molecule has 1 aliphatic rings. The van der Waals surface area contributed by atoms with E-state index in [0.717, 1.165) is 18.4 Å². The second kappa shape index (κ2) is 8.60. The van der Waals surface area contributed by atoms with Crippen molar-refractivity contribution in [1.29, 1.82) is 0 Å². The third-order valence-corrected chi connectivity index (χ3v) is 5.29. The van der Waals surface area contributed by atoms with Crippen molar-refractivity contribution in [2.45, 2.75) is 44.5 Å². The van der Waals surface area contributed by atoms with Gasteiger partial charge >= 0.3 is 5.97 Å². The molecule has 0 aromatic heterocycles. The lowest BCUT2D eigenvalue weighted by molar-refractivity contribution is -0.154. The van der Waals surface area contributed by atoms with Crippen molar-refractivity contribution in [2.24, 2.45) is 0 Å². The van der Waals surface area contributed by atoms with Crippen molar-refractivity contribution < 1.29 is 14.3 Å². The number of thioether (sulfide) groups is 1. The maximum Gasteiger partial charge on any atom is 0.329 e. The number of hydrogen-bond acceptors (Lipinski definition) is 4. The summed E-state index contributed by atoms with van der Waals surface area (Å²) >= 11 is 7.86. The Morgan fingerprint density at radius 2 is 2.04 bits per heavy atom. The molecule has 2 rings (SSSR count). The van der Waals surface area contributed by atoms with Crippen LogP contribution in [0.2, 0.25) is 5.02 Å². The summed E-state index contributed by atoms with van der Waals surface area (Å²) in [7, 11) is 0. The molecule has 23 heavy (non-hydrogen) atoms. The molecule has 0 spiro atoms. The molecule has 0 radical (unpaired) electrons. The van der Waals surface area contributed by atoms with Crippen molar-refractivity contribution in [3.8, 4) is 0 Å². The minimum atomic E-state index is -0.535. The van der Waals surface area contributed by atoms with Gasteiger partial charge in [0.15, 0.2) is 0 Å². The average molecular weight is 356 g/mol. The van der Waals surface area contributed by atoms with Gasteiger partial charge in [-0.15, -0.1) is 11.8 Å². The highest BCUT2D eigenvalue weighted by Gasteiger charge is 2.43. The molecule has 2 atom stereocenters. The van der Waals surface area contributed by atoms with E-state index in [1.165, 1.54) is 0 Å². The predicted molar refractivity (Wildman–Crippen MR) is 93.4 cm³/mol. The standard InChI is InChI=1S/C17H22ClNO3S/c1-3-7-15(20)19-14(17(21)22-10-4-2)11-23-16(19)12-8-5-6-9-13(12)18/h5-6,8-9,14,16H,3-4,7,10-11H2,1-2H3. The van der Waals surface area contributed by atoms with Crippen molar-refractivity contribution in [3.05, 3.63) is 34.9 Å². The van der Waals surface area contributed by atoms with Gasteiger partial charge in [-0.05, 0) is 18.9 Å². The maximum absolute atomic E-state index is 12.6. The second-order valence-corrected chi connectivity index (χ2v) is 6.96. The van der Waals surface area contributed by atoms with Crippen LogP contribution in [0.1, 0.15) is 44.0 Å². The third kappa shape index (κ3) is 4.21. The van der Waals surface area contributed by atoms with Crippen LogP contribution in [0, 0.1) is 0 Å². The number of amides is 1. The van der Waals surface area contributed by atoms with Gasteiger partial charge in [0.25, 0.3) is 0 Å². The number of carbonyl (C=O) groups excluding carboxylic acids is 2. The number of rotatable bonds is 6. The zero-order valence-electron chi connectivity index (χ0n) is 13.5. The molecule has 1 saturated heterocycles. The number of halogens is 1. The van der Waals surface area contributed by atoms with Crippen LogP contribution in [0.25, 0.3) is 0 Å². The molecule has 0 saturated carbocycles. The summed E-state index contributed by atoms with van der Waals surface area (Å²) < 4.78 is 5.27. The highest BCUT2D eigenvalue weighted by molar-refractivity contribution is 7.99. The van der Waals surface area contributed by atoms with Gasteiger partial charge < -0.3 is 9.64 Å². The minimum Gasteiger partial charge on any atom is -0.464 e. The van der Waals surface area contributed by atoms with E-state index in [-0.39, 0.29) is 17.3 Å². The lowest BCUT2D eigenvalue weighted by Crippen LogP contribution is -2.43. The van der Waals surface area contributed by atoms with Gasteiger partial charge in [0.2, 0.25) is 5.91 Å². The van der Waals surface area contributed by atoms with E-state index in [1.54, 1.807) is 16.7 Å². The molecule has 1 heterocycles. The monoisotopic (exact) mass is 355 g/mol. The van der Waals surface area contributed by atoms with Gasteiger partial charge in [0, 0.05) is 22.8 Å². The zero-order valence-corrected chi connectivity index (χ0v) is 15.0. The summed E-state index contributed by atoms with van der Waals surface area (Å²) in [5, 5.41) is 0.379. The zero-order chi connectivity index (χ0) is 16.8. The Bertz CT molecular complexity index is 567. The van der Waals surface area contributed by atoms with Crippen molar-refractivity contribution in [3.63, 3.8) is 0 Å². The highest BCUT2D eigenvalue weighted by atomic mass is 35.5. The highest BCUT2D eigenvalue weighted by Crippen LogP contribution is 2.44. The first kappa shape index (κ1) is 18.1. The van der Waals surface area contributed by atoms with Gasteiger partial charge in [-0.1, -0.05) is 43.6 Å². The lowest BCUT2D eigenvalue weighted by atomic mass is 10.1. The Labute approximate surface area is 146 Å². The number of esters is 1. The molecule has 126 valence electrons. The molecule has 1 amide bonds. The number of benzene rings is 1. The molecule has 1 aliphatic heterocycles. The first-order valence-corrected chi connectivity index (χ1v) is 9.36. The van der Waals surface area contributed by atoms with Crippen LogP contribution in [-0.4, -0.2) is 35.2 Å². The van der Waals surface area contributed by atoms with Crippen LogP contribution in [0.15, 0.2) is 24.3 Å². The Morgan fingerprint density at radius 3 is 2.70 bits per heavy atom. The average Bonchev–Trinajstić information content (AvgIpc) is 2.98. The number of ether oxygens (including phenoxy) is 1. The van der Waals surface area contributed by atoms with Crippen molar-refractivity contribution >= 4 is 35.2 Å². The maximum atomic E-state index is 12.6. The van der Waals surface area contributed by atoms with Crippen molar-refractivity contribution in [2.75, 3.05) is 12.4 Å². The minimum absolute atomic E-state index is 0.0270. The summed E-state index contributed by atoms with van der Waals surface area (Å²) in [5.74, 6) is 0.188. The van der Waals surface area contributed by atoms with E-state index in [2.05, 4.69) is 0 Å². The van der Waals surface area contributed by atoms with E-state index in [9.17, 15) is 9.59 Å². The van der Waals surface area contributed by atoms with E-state index >= 15 is 0 Å². The van der Waals surface area contributed by atoms with Crippen LogP contribution >= 0.6 is 23.4 Å². The molecular weight excluding hydrogens is 334 g/mol. The quantitative estimate of drug-likeness (QED) is 0.722. The first-order chi connectivity index (χ1) is 11.1. The van der Waals surface area contributed by atoms with Crippen LogP contribution in [-0.2, 0) is 14.3 Å². The molecular formula is C17H22ClNO3S. The van der Waals surface area contributed by atoms with Gasteiger partial charge in [-0.3, -0.25) is 4.79 Å². The summed E-state index contributed by atoms with van der Waals surface area (Å²) in [4.78, 5) is 26.6. The van der Waals surface area contributed by atoms with E-state index in [4.69, 9.17) is 16.3 Å². The van der Waals surface area contributed by atoms with Crippen molar-refractivity contribution in [1.82, 2.24) is 4.90 Å². The summed E-state index contributed by atoms with van der Waals surface area (Å²) in [6.45, 7) is 4.28. The first-order valence-electron chi connectivity index (χ1n) is 7.94. The summed E-state index contributed by atoms with van der Waals surface area (Å²) in [6.07, 6.45) is 1.92. The van der Waals surface area contributed by atoms with Crippen LogP contribution in [0.4, 0.5) is 0 Å². The van der Waals surface area contributed by atoms with Gasteiger partial charge in [-0.2, -0.15) is 0 Å². The topological polar surface area (TPSA) is 46.6 Å². The van der Waals surface area contributed by atoms with Gasteiger partial charge in [0.1, 0.15) is 11.4 Å². The van der Waals surface area contributed by atoms with E-state index in [1.807, 2.05) is 38.1 Å². The molecule has 1 fully saturated rings. The molecule has 0 aliphatic carbocycles. The molecule has 2 unspecified atom stereocenters. The Hall–Kier alpha value is -1.20. The Kier molecular flexibility index (Phi) is 6.78. The Morgan fingerprint density at radius 1 is 1.30 bits per heavy atom. The fourth-order valence-corrected chi connectivity index (χ4v) is 4.32. The third-order valence-electron chi connectivity index (χ3n) is 3.64.